The first kappa shape index (κ1) is 26.7. The monoisotopic (exact) mass is 529 g/mol. The van der Waals surface area contributed by atoms with E-state index in [4.69, 9.17) is 0 Å². The van der Waals surface area contributed by atoms with E-state index < -0.39 is 0 Å². The number of aldehydes is 1. The molecule has 3 aliphatic heterocycles. The van der Waals surface area contributed by atoms with Crippen LogP contribution in [0, 0.1) is 0 Å². The molecule has 2 unspecified atom stereocenters. The Bertz CT molecular complexity index is 1230. The number of carbonyl (C=O) groups excluding carboxylic acids is 2. The van der Waals surface area contributed by atoms with Gasteiger partial charge in [-0.25, -0.2) is 14.8 Å². The highest BCUT2D eigenvalue weighted by atomic mass is 16.2. The lowest BCUT2D eigenvalue weighted by atomic mass is 9.82. The molecular formula is C30H39N7O2. The van der Waals surface area contributed by atoms with Gasteiger partial charge in [0.15, 0.2) is 0 Å². The number of allylic oxidation sites excluding steroid dienone is 3. The first-order valence-electron chi connectivity index (χ1n) is 13.8. The molecule has 0 aliphatic carbocycles. The summed E-state index contributed by atoms with van der Waals surface area (Å²) in [4.78, 5) is 41.6. The van der Waals surface area contributed by atoms with Gasteiger partial charge in [-0.1, -0.05) is 37.3 Å². The van der Waals surface area contributed by atoms with Crippen molar-refractivity contribution in [1.29, 1.82) is 0 Å². The molecule has 3 aliphatic rings. The molecule has 0 bridgehead atoms. The van der Waals surface area contributed by atoms with E-state index in [2.05, 4.69) is 74.2 Å². The fourth-order valence-electron chi connectivity index (χ4n) is 6.04. The molecule has 2 aromatic rings. The van der Waals surface area contributed by atoms with Crippen molar-refractivity contribution >= 4 is 18.3 Å². The summed E-state index contributed by atoms with van der Waals surface area (Å²) in [7, 11) is 2.04. The zero-order valence-corrected chi connectivity index (χ0v) is 23.2. The van der Waals surface area contributed by atoms with Crippen LogP contribution in [0.5, 0.6) is 0 Å². The summed E-state index contributed by atoms with van der Waals surface area (Å²) in [6, 6.07) is 12.4. The Balaban J connectivity index is 1.17. The number of aromatic nitrogens is 2. The van der Waals surface area contributed by atoms with E-state index in [1.807, 2.05) is 24.1 Å². The summed E-state index contributed by atoms with van der Waals surface area (Å²) >= 11 is 0. The fourth-order valence-corrected chi connectivity index (χ4v) is 6.04. The topological polar surface area (TPSA) is 84.9 Å². The number of urea groups is 1. The van der Waals surface area contributed by atoms with E-state index in [1.165, 1.54) is 5.56 Å². The second-order valence-corrected chi connectivity index (χ2v) is 11.4. The Kier molecular flexibility index (Phi) is 7.59. The normalized spacial score (nSPS) is 25.5. The van der Waals surface area contributed by atoms with Gasteiger partial charge < -0.3 is 24.9 Å². The highest BCUT2D eigenvalue weighted by Crippen LogP contribution is 2.36. The minimum atomic E-state index is -0.263. The maximum atomic E-state index is 12.9. The molecule has 2 atom stereocenters. The zero-order chi connectivity index (χ0) is 27.5. The smallest absolute Gasteiger partial charge is 0.318 e. The van der Waals surface area contributed by atoms with Crippen LogP contribution in [0.1, 0.15) is 32.3 Å². The second-order valence-electron chi connectivity index (χ2n) is 11.4. The van der Waals surface area contributed by atoms with Crippen molar-refractivity contribution in [1.82, 2.24) is 30.0 Å². The summed E-state index contributed by atoms with van der Waals surface area (Å²) in [5, 5.41) is 3.24. The maximum Gasteiger partial charge on any atom is 0.318 e. The molecule has 0 radical (unpaired) electrons. The molecule has 9 heteroatoms. The Labute approximate surface area is 231 Å². The predicted molar refractivity (Wildman–Crippen MR) is 152 cm³/mol. The Hall–Kier alpha value is -3.88. The molecule has 4 heterocycles. The van der Waals surface area contributed by atoms with Gasteiger partial charge >= 0.3 is 6.03 Å². The number of likely N-dealkylation sites (tertiary alicyclic amines) is 1. The quantitative estimate of drug-likeness (QED) is 0.304. The molecule has 5 rings (SSSR count). The Morgan fingerprint density at radius 2 is 1.85 bits per heavy atom. The van der Waals surface area contributed by atoms with E-state index in [1.54, 1.807) is 18.5 Å². The van der Waals surface area contributed by atoms with E-state index >= 15 is 0 Å². The standard InChI is InChI=1S/C30H39N7O2/c1-24(20-26(10-19-38)35-15-11-29(2,21-35)25-8-5-4-6-9-25)34(3)17-18-37-23-30(33-28(37)39)12-16-36(22-30)27-31-13-7-14-32-27/h4-10,13-14,19-20H,11-12,15-18,21-23H2,1-3H3,(H,33,39)/b24-20-,26-10+. The number of nitrogens with zero attached hydrogens (tertiary/aromatic N) is 6. The molecular weight excluding hydrogens is 490 g/mol. The van der Waals surface area contributed by atoms with Crippen LogP contribution < -0.4 is 10.2 Å². The third-order valence-corrected chi connectivity index (χ3v) is 8.55. The van der Waals surface area contributed by atoms with Gasteiger partial charge in [-0.05, 0) is 37.5 Å². The lowest BCUT2D eigenvalue weighted by Crippen LogP contribution is -2.46. The van der Waals surface area contributed by atoms with Crippen molar-refractivity contribution in [2.75, 3.05) is 57.8 Å². The van der Waals surface area contributed by atoms with E-state index in [0.717, 1.165) is 50.2 Å². The number of hydrogen-bond acceptors (Lipinski definition) is 7. The van der Waals surface area contributed by atoms with E-state index in [0.29, 0.717) is 32.1 Å². The first-order valence-corrected chi connectivity index (χ1v) is 13.8. The Morgan fingerprint density at radius 3 is 2.59 bits per heavy atom. The average Bonchev–Trinajstić information content (AvgIpc) is 3.65. The number of rotatable bonds is 9. The van der Waals surface area contributed by atoms with E-state index in [9.17, 15) is 9.59 Å². The van der Waals surface area contributed by atoms with Crippen molar-refractivity contribution in [2.24, 2.45) is 0 Å². The van der Waals surface area contributed by atoms with Crippen LogP contribution in [-0.2, 0) is 10.2 Å². The van der Waals surface area contributed by atoms with Gasteiger partial charge in [0, 0.05) is 88.1 Å². The number of amides is 2. The number of anilines is 1. The van der Waals surface area contributed by atoms with Crippen LogP contribution in [0.3, 0.4) is 0 Å². The molecule has 1 aromatic carbocycles. The van der Waals surface area contributed by atoms with Gasteiger partial charge in [-0.2, -0.15) is 0 Å². The summed E-state index contributed by atoms with van der Waals surface area (Å²) in [5.74, 6) is 0.712. The molecule has 2 amide bonds. The van der Waals surface area contributed by atoms with Crippen molar-refractivity contribution in [2.45, 2.75) is 37.6 Å². The van der Waals surface area contributed by atoms with Gasteiger partial charge in [0.2, 0.25) is 5.95 Å². The number of nitrogens with one attached hydrogen (secondary N) is 1. The zero-order valence-electron chi connectivity index (χ0n) is 23.2. The van der Waals surface area contributed by atoms with Crippen LogP contribution >= 0.6 is 0 Å². The van der Waals surface area contributed by atoms with Gasteiger partial charge in [0.05, 0.1) is 5.54 Å². The summed E-state index contributed by atoms with van der Waals surface area (Å²) in [6.07, 6.45) is 10.0. The third-order valence-electron chi connectivity index (χ3n) is 8.55. The SMILES string of the molecule is C/C(=C/C(=C\C=O)N1CCC(C)(c2ccccc2)C1)N(C)CCN1CC2(CCN(c3ncccn3)C2)NC1=O. The number of likely N-dealkylation sites (N-methyl/N-ethyl adjacent to an activating group) is 1. The molecule has 1 aromatic heterocycles. The summed E-state index contributed by atoms with van der Waals surface area (Å²) in [6.45, 7) is 9.67. The fraction of sp³-hybridized carbons (Fsp3) is 0.467. The van der Waals surface area contributed by atoms with Crippen molar-refractivity contribution in [3.05, 3.63) is 77.9 Å². The molecule has 1 N–H and O–H groups in total. The van der Waals surface area contributed by atoms with Gasteiger partial charge in [-0.15, -0.1) is 0 Å². The third kappa shape index (κ3) is 5.77. The summed E-state index contributed by atoms with van der Waals surface area (Å²) < 4.78 is 0. The molecule has 39 heavy (non-hydrogen) atoms. The summed E-state index contributed by atoms with van der Waals surface area (Å²) in [5.41, 5.74) is 3.11. The maximum absolute atomic E-state index is 12.9. The first-order chi connectivity index (χ1) is 18.8. The van der Waals surface area contributed by atoms with Crippen LogP contribution in [0.15, 0.2) is 72.3 Å². The highest BCUT2D eigenvalue weighted by molar-refractivity contribution is 5.78. The van der Waals surface area contributed by atoms with Crippen molar-refractivity contribution in [3.63, 3.8) is 0 Å². The van der Waals surface area contributed by atoms with Crippen LogP contribution in [-0.4, -0.2) is 95.4 Å². The molecule has 206 valence electrons. The number of benzene rings is 1. The second kappa shape index (κ2) is 11.1. The Morgan fingerprint density at radius 1 is 1.08 bits per heavy atom. The van der Waals surface area contributed by atoms with Gasteiger partial charge in [0.25, 0.3) is 0 Å². The van der Waals surface area contributed by atoms with Crippen LogP contribution in [0.2, 0.25) is 0 Å². The van der Waals surface area contributed by atoms with Gasteiger partial charge in [0.1, 0.15) is 6.29 Å². The molecule has 3 saturated heterocycles. The molecule has 0 saturated carbocycles. The molecule has 1 spiro atoms. The van der Waals surface area contributed by atoms with E-state index in [-0.39, 0.29) is 17.0 Å². The molecule has 9 nitrogen and oxygen atoms in total. The average molecular weight is 530 g/mol. The lowest BCUT2D eigenvalue weighted by molar-refractivity contribution is -0.104. The predicted octanol–water partition coefficient (Wildman–Crippen LogP) is 3.03. The largest absolute Gasteiger partial charge is 0.376 e. The highest BCUT2D eigenvalue weighted by Gasteiger charge is 2.47. The minimum absolute atomic E-state index is 0.0142. The van der Waals surface area contributed by atoms with Gasteiger partial charge in [-0.3, -0.25) is 4.79 Å². The van der Waals surface area contributed by atoms with Crippen LogP contribution in [0.25, 0.3) is 0 Å². The number of carbonyl (C=O) groups is 2. The lowest BCUT2D eigenvalue weighted by Gasteiger charge is -2.28. The minimum Gasteiger partial charge on any atom is -0.376 e. The number of hydrogen-bond donors (Lipinski definition) is 1. The van der Waals surface area contributed by atoms with Crippen LogP contribution in [0.4, 0.5) is 10.7 Å². The van der Waals surface area contributed by atoms with Crippen molar-refractivity contribution < 1.29 is 9.59 Å². The van der Waals surface area contributed by atoms with Crippen molar-refractivity contribution in [3.8, 4) is 0 Å². The molecule has 3 fully saturated rings.